The van der Waals surface area contributed by atoms with Crippen molar-refractivity contribution in [3.8, 4) is 0 Å². The molecule has 3 saturated heterocycles. The molecule has 3 aliphatic rings. The van der Waals surface area contributed by atoms with E-state index in [1.807, 2.05) is 29.2 Å². The summed E-state index contributed by atoms with van der Waals surface area (Å²) in [5.74, 6) is -0.782. The van der Waals surface area contributed by atoms with Gasteiger partial charge in [-0.15, -0.1) is 0 Å². The summed E-state index contributed by atoms with van der Waals surface area (Å²) in [7, 11) is 1.45. The van der Waals surface area contributed by atoms with Gasteiger partial charge in [-0.05, 0) is 66.0 Å². The number of nitrogens with one attached hydrogen (secondary N) is 2. The molecule has 2 aromatic carbocycles. The van der Waals surface area contributed by atoms with Gasteiger partial charge in [0.25, 0.3) is 16.3 Å². The maximum atomic E-state index is 15.2. The van der Waals surface area contributed by atoms with Crippen molar-refractivity contribution >= 4 is 69.5 Å². The molecular formula is C26H26FN5O5S2. The SMILES string of the molecule is COC(=S)NC[C@H]1CN(c2ccc(N3CCN(c4ccc(/C=C5\SC(=O)NC5=O)cc4)CC3)c(F)c2)C(=O)O1. The van der Waals surface area contributed by atoms with Crippen LogP contribution in [0.1, 0.15) is 5.56 Å². The second-order valence-corrected chi connectivity index (χ2v) is 10.4. The highest BCUT2D eigenvalue weighted by Crippen LogP contribution is 2.30. The zero-order valence-corrected chi connectivity index (χ0v) is 22.6. The van der Waals surface area contributed by atoms with Crippen LogP contribution in [-0.4, -0.2) is 74.9 Å². The van der Waals surface area contributed by atoms with Gasteiger partial charge in [0.2, 0.25) is 0 Å². The first-order valence-electron chi connectivity index (χ1n) is 12.2. The molecule has 3 amide bonds. The van der Waals surface area contributed by atoms with E-state index in [1.54, 1.807) is 18.2 Å². The van der Waals surface area contributed by atoms with Gasteiger partial charge in [-0.1, -0.05) is 12.1 Å². The number of nitrogens with zero attached hydrogens (tertiary/aromatic N) is 3. The summed E-state index contributed by atoms with van der Waals surface area (Å²) in [6.45, 7) is 3.22. The Morgan fingerprint density at radius 3 is 2.46 bits per heavy atom. The molecule has 2 aromatic rings. The number of amides is 3. The van der Waals surface area contributed by atoms with Gasteiger partial charge in [0.1, 0.15) is 11.9 Å². The van der Waals surface area contributed by atoms with Crippen molar-refractivity contribution in [1.29, 1.82) is 0 Å². The summed E-state index contributed by atoms with van der Waals surface area (Å²) in [5.41, 5.74) is 2.77. The lowest BCUT2D eigenvalue weighted by Crippen LogP contribution is -2.46. The number of methoxy groups -OCH3 is 1. The third kappa shape index (κ3) is 6.09. The van der Waals surface area contributed by atoms with Crippen LogP contribution in [0.25, 0.3) is 6.08 Å². The lowest BCUT2D eigenvalue weighted by atomic mass is 10.1. The van der Waals surface area contributed by atoms with Gasteiger partial charge >= 0.3 is 6.09 Å². The lowest BCUT2D eigenvalue weighted by molar-refractivity contribution is -0.115. The number of carbonyl (C=O) groups excluding carboxylic acids is 3. The van der Waals surface area contributed by atoms with E-state index in [-0.39, 0.29) is 22.9 Å². The Balaban J connectivity index is 1.17. The van der Waals surface area contributed by atoms with Crippen LogP contribution in [0, 0.1) is 5.82 Å². The number of anilines is 3. The van der Waals surface area contributed by atoms with Crippen molar-refractivity contribution in [1.82, 2.24) is 10.6 Å². The van der Waals surface area contributed by atoms with Gasteiger partial charge in [-0.3, -0.25) is 19.8 Å². The van der Waals surface area contributed by atoms with Crippen molar-refractivity contribution in [3.05, 3.63) is 58.8 Å². The van der Waals surface area contributed by atoms with E-state index in [2.05, 4.69) is 15.5 Å². The molecule has 13 heteroatoms. The van der Waals surface area contributed by atoms with Crippen LogP contribution in [0.3, 0.4) is 0 Å². The highest BCUT2D eigenvalue weighted by atomic mass is 32.2. The molecule has 0 saturated carbocycles. The van der Waals surface area contributed by atoms with E-state index in [1.165, 1.54) is 18.1 Å². The smallest absolute Gasteiger partial charge is 0.414 e. The van der Waals surface area contributed by atoms with Crippen molar-refractivity contribution in [2.24, 2.45) is 0 Å². The van der Waals surface area contributed by atoms with Gasteiger partial charge in [0.05, 0.1) is 36.5 Å². The number of cyclic esters (lactones) is 1. The fourth-order valence-electron chi connectivity index (χ4n) is 4.59. The number of rotatable bonds is 6. The van der Waals surface area contributed by atoms with Crippen LogP contribution in [0.2, 0.25) is 0 Å². The van der Waals surface area contributed by atoms with Gasteiger partial charge in [0, 0.05) is 31.9 Å². The number of thiocarbonyl (C=S) groups is 1. The summed E-state index contributed by atoms with van der Waals surface area (Å²) in [4.78, 5) is 41.4. The monoisotopic (exact) mass is 571 g/mol. The van der Waals surface area contributed by atoms with E-state index >= 15 is 4.39 Å². The Hall–Kier alpha value is -3.84. The van der Waals surface area contributed by atoms with Crippen LogP contribution < -0.4 is 25.3 Å². The fourth-order valence-corrected chi connectivity index (χ4v) is 5.35. The Bertz CT molecular complexity index is 1330. The van der Waals surface area contributed by atoms with Crippen LogP contribution in [-0.2, 0) is 14.3 Å². The van der Waals surface area contributed by atoms with Crippen LogP contribution in [0.15, 0.2) is 47.4 Å². The maximum absolute atomic E-state index is 15.2. The molecule has 3 aliphatic heterocycles. The van der Waals surface area contributed by atoms with E-state index in [4.69, 9.17) is 21.7 Å². The van der Waals surface area contributed by atoms with Crippen LogP contribution in [0.5, 0.6) is 0 Å². The molecule has 10 nitrogen and oxygen atoms in total. The standard InChI is InChI=1S/C26H26FN5O5S2/c1-36-25(38)28-14-19-15-32(26(35)37-19)18-6-7-21(20(27)13-18)31-10-8-30(9-11-31)17-4-2-16(3-5-17)12-22-23(33)29-24(34)39-22/h2-7,12-13,19H,8-11,14-15H2,1H3,(H,28,38)(H,29,33,34)/b22-12-/t19-/m0/s1. The van der Waals surface area contributed by atoms with Gasteiger partial charge in [0.15, 0.2) is 0 Å². The second kappa shape index (κ2) is 11.5. The minimum absolute atomic E-state index is 0.210. The predicted octanol–water partition coefficient (Wildman–Crippen LogP) is 3.32. The number of benzene rings is 2. The Labute approximate surface area is 234 Å². The molecule has 3 heterocycles. The number of carbonyl (C=O) groups is 3. The molecule has 5 rings (SSSR count). The number of ether oxygens (including phenoxy) is 2. The summed E-state index contributed by atoms with van der Waals surface area (Å²) >= 11 is 5.83. The van der Waals surface area contributed by atoms with Crippen LogP contribution >= 0.6 is 24.0 Å². The minimum Gasteiger partial charge on any atom is -0.474 e. The summed E-state index contributed by atoms with van der Waals surface area (Å²) < 4.78 is 25.4. The molecule has 0 unspecified atom stereocenters. The lowest BCUT2D eigenvalue weighted by Gasteiger charge is -2.37. The molecule has 204 valence electrons. The van der Waals surface area contributed by atoms with E-state index < -0.39 is 18.0 Å². The normalized spacial score (nSPS) is 20.4. The number of piperazine rings is 1. The van der Waals surface area contributed by atoms with E-state index in [9.17, 15) is 14.4 Å². The Morgan fingerprint density at radius 1 is 1.13 bits per heavy atom. The molecule has 0 aromatic heterocycles. The maximum Gasteiger partial charge on any atom is 0.414 e. The largest absolute Gasteiger partial charge is 0.474 e. The molecule has 3 fully saturated rings. The zero-order chi connectivity index (χ0) is 27.5. The van der Waals surface area contributed by atoms with E-state index in [0.29, 0.717) is 49.0 Å². The molecule has 0 aliphatic carbocycles. The first-order valence-corrected chi connectivity index (χ1v) is 13.5. The average Bonchev–Trinajstić information content (AvgIpc) is 3.47. The Morgan fingerprint density at radius 2 is 1.82 bits per heavy atom. The molecule has 1 atom stereocenters. The highest BCUT2D eigenvalue weighted by molar-refractivity contribution is 8.18. The van der Waals surface area contributed by atoms with Crippen molar-refractivity contribution < 1.29 is 28.2 Å². The molecule has 0 radical (unpaired) electrons. The van der Waals surface area contributed by atoms with E-state index in [0.717, 1.165) is 23.0 Å². The number of thioether (sulfide) groups is 1. The average molecular weight is 572 g/mol. The molecule has 0 spiro atoms. The molecule has 2 N–H and O–H groups in total. The van der Waals surface area contributed by atoms with Gasteiger partial charge < -0.3 is 24.6 Å². The third-order valence-corrected chi connectivity index (χ3v) is 7.72. The number of halogens is 1. The minimum atomic E-state index is -0.535. The highest BCUT2D eigenvalue weighted by Gasteiger charge is 2.33. The van der Waals surface area contributed by atoms with Crippen LogP contribution in [0.4, 0.5) is 31.0 Å². The predicted molar refractivity (Wildman–Crippen MR) is 152 cm³/mol. The van der Waals surface area contributed by atoms with Crippen molar-refractivity contribution in [2.45, 2.75) is 6.10 Å². The first-order chi connectivity index (χ1) is 18.8. The third-order valence-electron chi connectivity index (χ3n) is 6.59. The van der Waals surface area contributed by atoms with Crippen molar-refractivity contribution in [3.63, 3.8) is 0 Å². The molecule has 0 bridgehead atoms. The molecule has 39 heavy (non-hydrogen) atoms. The summed E-state index contributed by atoms with van der Waals surface area (Å²) in [6.07, 6.45) is 0.721. The van der Waals surface area contributed by atoms with Crippen molar-refractivity contribution in [2.75, 3.05) is 61.1 Å². The zero-order valence-electron chi connectivity index (χ0n) is 21.0. The Kier molecular flexibility index (Phi) is 7.89. The first kappa shape index (κ1) is 26.8. The molecular weight excluding hydrogens is 545 g/mol. The van der Waals surface area contributed by atoms with Gasteiger partial charge in [-0.25, -0.2) is 9.18 Å². The fraction of sp³-hybridized carbons (Fsp3) is 0.308. The topological polar surface area (TPSA) is 103 Å². The second-order valence-electron chi connectivity index (χ2n) is 9.04. The summed E-state index contributed by atoms with van der Waals surface area (Å²) in [6, 6.07) is 12.5. The number of hydrogen-bond donors (Lipinski definition) is 2. The quantitative estimate of drug-likeness (QED) is 0.397. The summed E-state index contributed by atoms with van der Waals surface area (Å²) in [5, 5.41) is 4.95. The van der Waals surface area contributed by atoms with Gasteiger partial charge in [-0.2, -0.15) is 0 Å². The number of imide groups is 1. The number of hydrogen-bond acceptors (Lipinski definition) is 9.